The Kier molecular flexibility index (Phi) is 28.6. The van der Waals surface area contributed by atoms with Gasteiger partial charge >= 0.3 is 5.97 Å². The number of carboxylic acids is 1. The fourth-order valence-corrected chi connectivity index (χ4v) is 5.78. The van der Waals surface area contributed by atoms with E-state index in [1.807, 2.05) is 0 Å². The maximum absolute atomic E-state index is 12.0. The molecular formula is C34H68O2. The minimum atomic E-state index is -0.535. The van der Waals surface area contributed by atoms with Crippen molar-refractivity contribution in [3.8, 4) is 0 Å². The fraction of sp³-hybridized carbons (Fsp3) is 0.971. The monoisotopic (exact) mass is 509 g/mol. The second-order valence-corrected chi connectivity index (χ2v) is 11.9. The highest BCUT2D eigenvalue weighted by Crippen LogP contribution is 2.28. The van der Waals surface area contributed by atoms with Crippen LogP contribution < -0.4 is 0 Å². The van der Waals surface area contributed by atoms with E-state index < -0.39 is 5.97 Å². The van der Waals surface area contributed by atoms with Gasteiger partial charge in [-0.15, -0.1) is 0 Å². The van der Waals surface area contributed by atoms with Gasteiger partial charge in [0.15, 0.2) is 0 Å². The number of carbonyl (C=O) groups is 1. The predicted molar refractivity (Wildman–Crippen MR) is 161 cm³/mol. The normalized spacial score (nSPS) is 13.2. The van der Waals surface area contributed by atoms with Gasteiger partial charge in [0.25, 0.3) is 0 Å². The minimum Gasteiger partial charge on any atom is -0.481 e. The third kappa shape index (κ3) is 25.1. The Hall–Kier alpha value is -0.530. The molecule has 2 nitrogen and oxygen atoms in total. The van der Waals surface area contributed by atoms with Crippen LogP contribution in [-0.4, -0.2) is 11.1 Å². The Morgan fingerprint density at radius 1 is 0.444 bits per heavy atom. The zero-order valence-corrected chi connectivity index (χ0v) is 25.3. The average Bonchev–Trinajstić information content (AvgIpc) is 2.87. The molecule has 0 aliphatic heterocycles. The zero-order valence-electron chi connectivity index (χ0n) is 25.3. The lowest BCUT2D eigenvalue weighted by atomic mass is 9.84. The molecule has 0 aliphatic rings. The van der Waals surface area contributed by atoms with Crippen molar-refractivity contribution in [1.29, 1.82) is 0 Å². The van der Waals surface area contributed by atoms with Gasteiger partial charge in [-0.2, -0.15) is 0 Å². The van der Waals surface area contributed by atoms with Crippen molar-refractivity contribution in [1.82, 2.24) is 0 Å². The summed E-state index contributed by atoms with van der Waals surface area (Å²) in [5, 5.41) is 9.92. The predicted octanol–water partition coefficient (Wildman–Crippen LogP) is 12.3. The lowest BCUT2D eigenvalue weighted by Gasteiger charge is -2.21. The first-order chi connectivity index (χ1) is 17.7. The molecule has 0 radical (unpaired) electrons. The van der Waals surface area contributed by atoms with E-state index in [1.165, 1.54) is 161 Å². The third-order valence-corrected chi connectivity index (χ3v) is 8.31. The van der Waals surface area contributed by atoms with Gasteiger partial charge in [0.2, 0.25) is 0 Å². The van der Waals surface area contributed by atoms with E-state index in [9.17, 15) is 9.90 Å². The maximum Gasteiger partial charge on any atom is 0.306 e. The average molecular weight is 509 g/mol. The standard InChI is InChI=1S/C34H68O2/c1-4-7-10-13-15-17-18-19-20-22-24-27-30-33(34(35)36)31-32(28-25-12-9-6-3)29-26-23-21-16-14-11-8-5-2/h32-33H,4-31H2,1-3H3,(H,35,36). The van der Waals surface area contributed by atoms with Crippen molar-refractivity contribution < 1.29 is 9.90 Å². The minimum absolute atomic E-state index is 0.113. The summed E-state index contributed by atoms with van der Waals surface area (Å²) in [5.41, 5.74) is 0. The lowest BCUT2D eigenvalue weighted by molar-refractivity contribution is -0.142. The zero-order chi connectivity index (χ0) is 26.5. The van der Waals surface area contributed by atoms with Crippen molar-refractivity contribution in [3.63, 3.8) is 0 Å². The quantitative estimate of drug-likeness (QED) is 0.0979. The first-order valence-electron chi connectivity index (χ1n) is 16.9. The highest BCUT2D eigenvalue weighted by atomic mass is 16.4. The van der Waals surface area contributed by atoms with Crippen LogP contribution in [0.25, 0.3) is 0 Å². The van der Waals surface area contributed by atoms with Crippen LogP contribution in [0.5, 0.6) is 0 Å². The second-order valence-electron chi connectivity index (χ2n) is 11.9. The van der Waals surface area contributed by atoms with Crippen molar-refractivity contribution in [2.75, 3.05) is 0 Å². The molecule has 0 aliphatic carbocycles. The summed E-state index contributed by atoms with van der Waals surface area (Å²) in [5.74, 6) is -0.0220. The molecule has 0 aromatic carbocycles. The van der Waals surface area contributed by atoms with Gasteiger partial charge in [0.05, 0.1) is 5.92 Å². The first-order valence-corrected chi connectivity index (χ1v) is 16.9. The summed E-state index contributed by atoms with van der Waals surface area (Å²) in [7, 11) is 0. The van der Waals surface area contributed by atoms with E-state index in [0.29, 0.717) is 5.92 Å². The molecule has 0 heterocycles. The van der Waals surface area contributed by atoms with Crippen molar-refractivity contribution in [2.45, 2.75) is 201 Å². The molecule has 0 aromatic rings. The third-order valence-electron chi connectivity index (χ3n) is 8.31. The lowest BCUT2D eigenvalue weighted by Crippen LogP contribution is -2.18. The van der Waals surface area contributed by atoms with Crippen LogP contribution in [0.3, 0.4) is 0 Å². The molecule has 0 spiro atoms. The largest absolute Gasteiger partial charge is 0.481 e. The van der Waals surface area contributed by atoms with Crippen LogP contribution in [0.2, 0.25) is 0 Å². The Bertz CT molecular complexity index is 433. The molecule has 216 valence electrons. The molecule has 0 aromatic heterocycles. The van der Waals surface area contributed by atoms with Crippen LogP contribution in [0, 0.1) is 11.8 Å². The molecule has 0 bridgehead atoms. The maximum atomic E-state index is 12.0. The molecule has 2 atom stereocenters. The highest BCUT2D eigenvalue weighted by Gasteiger charge is 2.22. The summed E-state index contributed by atoms with van der Waals surface area (Å²) in [6, 6.07) is 0. The summed E-state index contributed by atoms with van der Waals surface area (Å²) >= 11 is 0. The Balaban J connectivity index is 4.11. The molecule has 0 rings (SSSR count). The van der Waals surface area contributed by atoms with Crippen LogP contribution in [0.1, 0.15) is 201 Å². The van der Waals surface area contributed by atoms with E-state index in [2.05, 4.69) is 20.8 Å². The van der Waals surface area contributed by atoms with Gasteiger partial charge in [-0.05, 0) is 18.8 Å². The molecule has 2 heteroatoms. The van der Waals surface area contributed by atoms with Crippen LogP contribution >= 0.6 is 0 Å². The highest BCUT2D eigenvalue weighted by molar-refractivity contribution is 5.69. The topological polar surface area (TPSA) is 37.3 Å². The summed E-state index contributed by atoms with van der Waals surface area (Å²) in [6.45, 7) is 6.83. The van der Waals surface area contributed by atoms with Crippen LogP contribution in [0.4, 0.5) is 0 Å². The van der Waals surface area contributed by atoms with E-state index in [4.69, 9.17) is 0 Å². The molecule has 0 fully saturated rings. The Morgan fingerprint density at radius 2 is 0.722 bits per heavy atom. The number of hydrogen-bond acceptors (Lipinski definition) is 1. The van der Waals surface area contributed by atoms with Gasteiger partial charge in [-0.1, -0.05) is 188 Å². The SMILES string of the molecule is CCCCCCCCCCCCCCC(CC(CCCCCC)CCCCCCCCCC)C(=O)O. The fourth-order valence-electron chi connectivity index (χ4n) is 5.78. The van der Waals surface area contributed by atoms with Gasteiger partial charge in [-0.25, -0.2) is 0 Å². The first kappa shape index (κ1) is 35.5. The van der Waals surface area contributed by atoms with E-state index in [-0.39, 0.29) is 5.92 Å². The van der Waals surface area contributed by atoms with Gasteiger partial charge < -0.3 is 5.11 Å². The van der Waals surface area contributed by atoms with E-state index in [0.717, 1.165) is 19.3 Å². The number of aliphatic carboxylic acids is 1. The summed E-state index contributed by atoms with van der Waals surface area (Å²) < 4.78 is 0. The Labute approximate surface area is 228 Å². The smallest absolute Gasteiger partial charge is 0.306 e. The molecule has 0 amide bonds. The molecule has 0 saturated heterocycles. The number of unbranched alkanes of at least 4 members (excludes halogenated alkanes) is 21. The van der Waals surface area contributed by atoms with Crippen molar-refractivity contribution >= 4 is 5.97 Å². The molecule has 2 unspecified atom stereocenters. The molecule has 0 saturated carbocycles. The van der Waals surface area contributed by atoms with Crippen LogP contribution in [-0.2, 0) is 4.79 Å². The van der Waals surface area contributed by atoms with Gasteiger partial charge in [0.1, 0.15) is 0 Å². The number of hydrogen-bond donors (Lipinski definition) is 1. The van der Waals surface area contributed by atoms with Crippen LogP contribution in [0.15, 0.2) is 0 Å². The molecule has 36 heavy (non-hydrogen) atoms. The number of rotatable bonds is 30. The molecular weight excluding hydrogens is 440 g/mol. The van der Waals surface area contributed by atoms with Gasteiger partial charge in [-0.3, -0.25) is 4.79 Å². The van der Waals surface area contributed by atoms with E-state index >= 15 is 0 Å². The van der Waals surface area contributed by atoms with Crippen molar-refractivity contribution in [2.24, 2.45) is 11.8 Å². The van der Waals surface area contributed by atoms with Gasteiger partial charge in [0, 0.05) is 0 Å². The summed E-state index contributed by atoms with van der Waals surface area (Å²) in [6.07, 6.45) is 36.6. The number of carboxylic acid groups (broad SMARTS) is 1. The second kappa shape index (κ2) is 29.0. The molecule has 1 N–H and O–H groups in total. The Morgan fingerprint density at radius 3 is 1.06 bits per heavy atom. The van der Waals surface area contributed by atoms with E-state index in [1.54, 1.807) is 0 Å². The van der Waals surface area contributed by atoms with Crippen molar-refractivity contribution in [3.05, 3.63) is 0 Å². The summed E-state index contributed by atoms with van der Waals surface area (Å²) in [4.78, 5) is 12.0.